The molecule has 0 saturated heterocycles. The molecule has 0 radical (unpaired) electrons. The lowest BCUT2D eigenvalue weighted by molar-refractivity contribution is 0.0755. The Morgan fingerprint density at radius 3 is 2.45 bits per heavy atom. The summed E-state index contributed by atoms with van der Waals surface area (Å²) in [6, 6.07) is 22.3. The highest BCUT2D eigenvalue weighted by molar-refractivity contribution is 5.66. The minimum absolute atomic E-state index is 0.101. The third-order valence-electron chi connectivity index (χ3n) is 10.00. The molecule has 0 spiro atoms. The Labute approximate surface area is 251 Å². The normalized spacial score (nSPS) is 22.0. The number of benzene rings is 2. The molecule has 1 aliphatic heterocycles. The lowest BCUT2D eigenvalue weighted by Gasteiger charge is -2.41. The van der Waals surface area contributed by atoms with Gasteiger partial charge < -0.3 is 10.4 Å². The van der Waals surface area contributed by atoms with E-state index in [4.69, 9.17) is 4.98 Å². The number of rotatable bonds is 8. The van der Waals surface area contributed by atoms with Crippen LogP contribution in [0.4, 0.5) is 4.79 Å². The van der Waals surface area contributed by atoms with Gasteiger partial charge in [-0.2, -0.15) is 0 Å². The number of pyridine rings is 1. The number of hydrogen-bond donors (Lipinski definition) is 2. The lowest BCUT2D eigenvalue weighted by atomic mass is 9.75. The standard InChI is InChI=1S/C36H46N4O2/c1-36(2)18-16-31(17-19-36)38-22-26-12-14-27(15-13-26)23-39(33-11-5-9-28-10-6-20-37-34(28)33)25-32-21-29-7-3-4-8-30(29)24-40(32)35(41)42/h3-4,6-8,10,12-15,20,31-33,38H,5,9,11,16-19,21-25H2,1-2H3,(H,41,42)/t32-,33+/m1/s1. The Kier molecular flexibility index (Phi) is 8.64. The van der Waals surface area contributed by atoms with Crippen LogP contribution in [0, 0.1) is 5.41 Å². The number of fused-ring (bicyclic) bond motifs is 2. The third-order valence-corrected chi connectivity index (χ3v) is 10.00. The molecule has 1 amide bonds. The maximum absolute atomic E-state index is 12.4. The largest absolute Gasteiger partial charge is 0.465 e. The lowest BCUT2D eigenvalue weighted by Crippen LogP contribution is -2.50. The van der Waals surface area contributed by atoms with Crippen LogP contribution < -0.4 is 5.32 Å². The number of aromatic nitrogens is 1. The molecule has 0 bridgehead atoms. The highest BCUT2D eigenvalue weighted by atomic mass is 16.4. The van der Waals surface area contributed by atoms with E-state index in [9.17, 15) is 9.90 Å². The molecule has 2 atom stereocenters. The van der Waals surface area contributed by atoms with E-state index in [1.807, 2.05) is 18.3 Å². The first-order chi connectivity index (χ1) is 20.3. The molecule has 2 N–H and O–H groups in total. The molecule has 3 aromatic rings. The predicted molar refractivity (Wildman–Crippen MR) is 167 cm³/mol. The van der Waals surface area contributed by atoms with Gasteiger partial charge in [-0.15, -0.1) is 0 Å². The topological polar surface area (TPSA) is 68.7 Å². The molecule has 1 fully saturated rings. The SMILES string of the molecule is CC1(C)CCC(NCc2ccc(CN(C[C@H]3Cc4ccccc4CN3C(=O)O)[C@H]3CCCc4cccnc43)cc2)CC1. The molecule has 6 rings (SSSR count). The van der Waals surface area contributed by atoms with E-state index in [0.717, 1.165) is 44.3 Å². The van der Waals surface area contributed by atoms with Gasteiger partial charge in [0.15, 0.2) is 0 Å². The quantitative estimate of drug-likeness (QED) is 0.304. The summed E-state index contributed by atoms with van der Waals surface area (Å²) in [7, 11) is 0. The molecule has 6 heteroatoms. The second-order valence-corrected chi connectivity index (χ2v) is 13.6. The van der Waals surface area contributed by atoms with Gasteiger partial charge in [0.1, 0.15) is 0 Å². The number of carbonyl (C=O) groups is 1. The van der Waals surface area contributed by atoms with E-state index in [1.165, 1.54) is 53.6 Å². The fourth-order valence-corrected chi connectivity index (χ4v) is 7.35. The van der Waals surface area contributed by atoms with E-state index >= 15 is 0 Å². The fraction of sp³-hybridized carbons (Fsp3) is 0.500. The van der Waals surface area contributed by atoms with Gasteiger partial charge in [0.05, 0.1) is 17.8 Å². The Morgan fingerprint density at radius 2 is 1.69 bits per heavy atom. The van der Waals surface area contributed by atoms with Crippen LogP contribution in [0.2, 0.25) is 0 Å². The van der Waals surface area contributed by atoms with Gasteiger partial charge in [0, 0.05) is 38.4 Å². The Balaban J connectivity index is 1.19. The van der Waals surface area contributed by atoms with Crippen LogP contribution in [0.3, 0.4) is 0 Å². The summed E-state index contributed by atoms with van der Waals surface area (Å²) in [6.45, 7) is 7.59. The van der Waals surface area contributed by atoms with Crippen molar-refractivity contribution in [1.29, 1.82) is 0 Å². The molecular weight excluding hydrogens is 520 g/mol. The van der Waals surface area contributed by atoms with E-state index in [1.54, 1.807) is 4.90 Å². The van der Waals surface area contributed by atoms with Crippen LogP contribution in [0.15, 0.2) is 66.9 Å². The maximum Gasteiger partial charge on any atom is 0.407 e. The summed E-state index contributed by atoms with van der Waals surface area (Å²) in [5, 5.41) is 14.0. The summed E-state index contributed by atoms with van der Waals surface area (Å²) >= 11 is 0. The average molecular weight is 567 g/mol. The van der Waals surface area contributed by atoms with Crippen LogP contribution in [-0.4, -0.2) is 44.6 Å². The van der Waals surface area contributed by atoms with Crippen molar-refractivity contribution in [2.75, 3.05) is 6.54 Å². The zero-order chi connectivity index (χ0) is 29.1. The minimum Gasteiger partial charge on any atom is -0.465 e. The predicted octanol–water partition coefficient (Wildman–Crippen LogP) is 7.12. The van der Waals surface area contributed by atoms with Crippen molar-refractivity contribution in [1.82, 2.24) is 20.1 Å². The Bertz CT molecular complexity index is 1360. The summed E-state index contributed by atoms with van der Waals surface area (Å²) in [4.78, 5) is 21.4. The van der Waals surface area contributed by atoms with Crippen molar-refractivity contribution in [2.24, 2.45) is 5.41 Å². The van der Waals surface area contributed by atoms with E-state index in [0.29, 0.717) is 24.5 Å². The first-order valence-electron chi connectivity index (χ1n) is 15.9. The first-order valence-corrected chi connectivity index (χ1v) is 15.9. The van der Waals surface area contributed by atoms with Gasteiger partial charge in [-0.1, -0.05) is 68.4 Å². The number of nitrogens with zero attached hydrogens (tertiary/aromatic N) is 3. The van der Waals surface area contributed by atoms with E-state index < -0.39 is 6.09 Å². The van der Waals surface area contributed by atoms with E-state index in [2.05, 4.69) is 72.6 Å². The van der Waals surface area contributed by atoms with Crippen molar-refractivity contribution < 1.29 is 9.90 Å². The molecule has 6 nitrogen and oxygen atoms in total. The summed E-state index contributed by atoms with van der Waals surface area (Å²) in [5.74, 6) is 0. The number of aryl methyl sites for hydroxylation is 1. The van der Waals surface area contributed by atoms with Gasteiger partial charge in [-0.25, -0.2) is 4.79 Å². The van der Waals surface area contributed by atoms with Crippen molar-refractivity contribution in [3.05, 3.63) is 100 Å². The highest BCUT2D eigenvalue weighted by Gasteiger charge is 2.35. The van der Waals surface area contributed by atoms with Crippen LogP contribution >= 0.6 is 0 Å². The van der Waals surface area contributed by atoms with Crippen molar-refractivity contribution >= 4 is 6.09 Å². The zero-order valence-electron chi connectivity index (χ0n) is 25.3. The molecule has 2 heterocycles. The summed E-state index contributed by atoms with van der Waals surface area (Å²) in [5.41, 5.74) is 7.95. The molecule has 0 unspecified atom stereocenters. The Morgan fingerprint density at radius 1 is 0.976 bits per heavy atom. The van der Waals surface area contributed by atoms with Gasteiger partial charge in [0.2, 0.25) is 0 Å². The Hall–Kier alpha value is -3.22. The third kappa shape index (κ3) is 6.71. The van der Waals surface area contributed by atoms with Crippen molar-refractivity contribution in [3.8, 4) is 0 Å². The van der Waals surface area contributed by atoms with Crippen LogP contribution in [0.1, 0.15) is 91.9 Å². The number of hydrogen-bond acceptors (Lipinski definition) is 4. The van der Waals surface area contributed by atoms with Gasteiger partial charge >= 0.3 is 6.09 Å². The second kappa shape index (κ2) is 12.6. The molecule has 1 aromatic heterocycles. The first kappa shape index (κ1) is 28.9. The van der Waals surface area contributed by atoms with Gasteiger partial charge in [-0.05, 0) is 90.7 Å². The summed E-state index contributed by atoms with van der Waals surface area (Å²) < 4.78 is 0. The monoisotopic (exact) mass is 566 g/mol. The van der Waals surface area contributed by atoms with Gasteiger partial charge in [0.25, 0.3) is 0 Å². The second-order valence-electron chi connectivity index (χ2n) is 13.6. The number of amides is 1. The smallest absolute Gasteiger partial charge is 0.407 e. The maximum atomic E-state index is 12.4. The van der Waals surface area contributed by atoms with Crippen molar-refractivity contribution in [3.63, 3.8) is 0 Å². The van der Waals surface area contributed by atoms with E-state index in [-0.39, 0.29) is 12.1 Å². The molecule has 1 saturated carbocycles. The van der Waals surface area contributed by atoms with Gasteiger partial charge in [-0.3, -0.25) is 14.8 Å². The molecule has 2 aromatic carbocycles. The molecule has 222 valence electrons. The molecule has 42 heavy (non-hydrogen) atoms. The minimum atomic E-state index is -0.838. The molecule has 3 aliphatic rings. The summed E-state index contributed by atoms with van der Waals surface area (Å²) in [6.07, 6.45) is 10.1. The van der Waals surface area contributed by atoms with Crippen molar-refractivity contribution in [2.45, 2.75) is 103 Å². The van der Waals surface area contributed by atoms with Crippen LogP contribution in [0.25, 0.3) is 0 Å². The number of carboxylic acid groups (broad SMARTS) is 1. The fourth-order valence-electron chi connectivity index (χ4n) is 7.35. The highest BCUT2D eigenvalue weighted by Crippen LogP contribution is 2.36. The average Bonchev–Trinajstić information content (AvgIpc) is 3.00. The molecular formula is C36H46N4O2. The number of nitrogens with one attached hydrogen (secondary N) is 1. The zero-order valence-corrected chi connectivity index (χ0v) is 25.3. The van der Waals surface area contributed by atoms with Crippen LogP contribution in [0.5, 0.6) is 0 Å². The van der Waals surface area contributed by atoms with Crippen LogP contribution in [-0.2, 0) is 32.5 Å². The molecule has 2 aliphatic carbocycles.